The zero-order chi connectivity index (χ0) is 13.9. The van der Waals surface area contributed by atoms with Crippen LogP contribution in [0.25, 0.3) is 0 Å². The van der Waals surface area contributed by atoms with Crippen molar-refractivity contribution in [1.82, 2.24) is 5.32 Å². The molecule has 1 aliphatic rings. The lowest BCUT2D eigenvalue weighted by molar-refractivity contribution is -0.137. The number of thioether (sulfide) groups is 1. The Hall–Kier alpha value is -1.20. The van der Waals surface area contributed by atoms with Crippen molar-refractivity contribution >= 4 is 23.4 Å². The van der Waals surface area contributed by atoms with Crippen LogP contribution in [0.2, 0.25) is 0 Å². The molecule has 104 valence electrons. The number of carbonyl (C=O) groups is 1. The van der Waals surface area contributed by atoms with Gasteiger partial charge < -0.3 is 15.3 Å². The molecule has 0 aromatic heterocycles. The van der Waals surface area contributed by atoms with Crippen molar-refractivity contribution in [2.75, 3.05) is 30.5 Å². The molecule has 1 aromatic rings. The lowest BCUT2D eigenvalue weighted by Gasteiger charge is -2.20. The van der Waals surface area contributed by atoms with Crippen LogP contribution in [0.3, 0.4) is 0 Å². The third-order valence-electron chi connectivity index (χ3n) is 3.30. The highest BCUT2D eigenvalue weighted by atomic mass is 32.2. The van der Waals surface area contributed by atoms with Crippen LogP contribution in [-0.4, -0.2) is 42.2 Å². The average molecular weight is 280 g/mol. The van der Waals surface area contributed by atoms with E-state index in [9.17, 15) is 9.90 Å². The Balaban J connectivity index is 1.95. The van der Waals surface area contributed by atoms with E-state index in [2.05, 4.69) is 5.32 Å². The van der Waals surface area contributed by atoms with E-state index < -0.39 is 5.60 Å². The van der Waals surface area contributed by atoms with Crippen molar-refractivity contribution in [1.29, 1.82) is 0 Å². The molecule has 2 N–H and O–H groups in total. The first-order chi connectivity index (χ1) is 9.01. The van der Waals surface area contributed by atoms with Crippen molar-refractivity contribution in [2.24, 2.45) is 0 Å². The molecular formula is C14H20N2O2S. The van der Waals surface area contributed by atoms with Crippen molar-refractivity contribution in [3.63, 3.8) is 0 Å². The quantitative estimate of drug-likeness (QED) is 0.871. The molecule has 1 atom stereocenters. The summed E-state index contributed by atoms with van der Waals surface area (Å²) in [6.07, 6.45) is 0.543. The van der Waals surface area contributed by atoms with Crippen LogP contribution >= 0.6 is 11.8 Å². The van der Waals surface area contributed by atoms with Gasteiger partial charge in [0.15, 0.2) is 5.60 Å². The highest BCUT2D eigenvalue weighted by molar-refractivity contribution is 7.99. The molecule has 19 heavy (non-hydrogen) atoms. The van der Waals surface area contributed by atoms with E-state index in [1.165, 1.54) is 0 Å². The fourth-order valence-corrected chi connectivity index (χ4v) is 3.26. The second-order valence-electron chi connectivity index (χ2n) is 5.08. The van der Waals surface area contributed by atoms with Crippen LogP contribution in [0.5, 0.6) is 0 Å². The zero-order valence-corrected chi connectivity index (χ0v) is 12.2. The summed E-state index contributed by atoms with van der Waals surface area (Å²) < 4.78 is 0. The van der Waals surface area contributed by atoms with Gasteiger partial charge in [-0.1, -0.05) is 12.1 Å². The van der Waals surface area contributed by atoms with Gasteiger partial charge in [0.25, 0.3) is 5.91 Å². The van der Waals surface area contributed by atoms with Gasteiger partial charge in [-0.05, 0) is 29.9 Å². The van der Waals surface area contributed by atoms with E-state index in [0.29, 0.717) is 18.7 Å². The number of anilines is 1. The third-order valence-corrected chi connectivity index (χ3v) is 4.48. The standard InChI is InChI=1S/C14H20N2O2S/c1-16(2)12-5-3-4-11(8-12)9-15-13(17)14(18)6-7-19-10-14/h3-5,8,18H,6-7,9-10H2,1-2H3,(H,15,17). The maximum Gasteiger partial charge on any atom is 0.253 e. The number of nitrogens with one attached hydrogen (secondary N) is 1. The van der Waals surface area contributed by atoms with Gasteiger partial charge in [0, 0.05) is 32.1 Å². The van der Waals surface area contributed by atoms with E-state index in [0.717, 1.165) is 17.0 Å². The number of rotatable bonds is 4. The first-order valence-electron chi connectivity index (χ1n) is 6.36. The third kappa shape index (κ3) is 3.42. The Bertz CT molecular complexity index is 457. The minimum Gasteiger partial charge on any atom is -0.379 e. The van der Waals surface area contributed by atoms with Gasteiger partial charge in [0.05, 0.1) is 0 Å². The summed E-state index contributed by atoms with van der Waals surface area (Å²) >= 11 is 1.62. The summed E-state index contributed by atoms with van der Waals surface area (Å²) in [4.78, 5) is 14.0. The molecule has 0 saturated carbocycles. The van der Waals surface area contributed by atoms with Crippen molar-refractivity contribution in [3.8, 4) is 0 Å². The molecule has 1 unspecified atom stereocenters. The Labute approximate surface area is 118 Å². The molecule has 1 saturated heterocycles. The van der Waals surface area contributed by atoms with Crippen LogP contribution in [-0.2, 0) is 11.3 Å². The van der Waals surface area contributed by atoms with Crippen LogP contribution < -0.4 is 10.2 Å². The monoisotopic (exact) mass is 280 g/mol. The topological polar surface area (TPSA) is 52.6 Å². The Morgan fingerprint density at radius 1 is 1.53 bits per heavy atom. The highest BCUT2D eigenvalue weighted by Gasteiger charge is 2.39. The van der Waals surface area contributed by atoms with Gasteiger partial charge in [-0.3, -0.25) is 4.79 Å². The molecule has 1 heterocycles. The molecule has 1 aromatic carbocycles. The van der Waals surface area contributed by atoms with E-state index in [1.807, 2.05) is 43.3 Å². The average Bonchev–Trinajstić information content (AvgIpc) is 2.84. The van der Waals surface area contributed by atoms with E-state index in [-0.39, 0.29) is 5.91 Å². The summed E-state index contributed by atoms with van der Waals surface area (Å²) in [5.74, 6) is 1.09. The van der Waals surface area contributed by atoms with Gasteiger partial charge in [-0.15, -0.1) is 0 Å². The van der Waals surface area contributed by atoms with Gasteiger partial charge in [-0.2, -0.15) is 11.8 Å². The van der Waals surface area contributed by atoms with Gasteiger partial charge in [0.1, 0.15) is 0 Å². The van der Waals surface area contributed by atoms with Crippen LogP contribution in [0.15, 0.2) is 24.3 Å². The van der Waals surface area contributed by atoms with E-state index in [4.69, 9.17) is 0 Å². The molecule has 4 nitrogen and oxygen atoms in total. The first kappa shape index (κ1) is 14.2. The van der Waals surface area contributed by atoms with E-state index in [1.54, 1.807) is 11.8 Å². The van der Waals surface area contributed by atoms with Crippen molar-refractivity contribution in [2.45, 2.75) is 18.6 Å². The predicted molar refractivity (Wildman–Crippen MR) is 79.5 cm³/mol. The zero-order valence-electron chi connectivity index (χ0n) is 11.3. The summed E-state index contributed by atoms with van der Waals surface area (Å²) in [5, 5.41) is 13.0. The lowest BCUT2D eigenvalue weighted by Crippen LogP contribution is -2.46. The normalized spacial score (nSPS) is 22.3. The second kappa shape index (κ2) is 5.84. The minimum atomic E-state index is -1.18. The van der Waals surface area contributed by atoms with Crippen molar-refractivity contribution < 1.29 is 9.90 Å². The fraction of sp³-hybridized carbons (Fsp3) is 0.500. The molecular weight excluding hydrogens is 260 g/mol. The molecule has 0 spiro atoms. The SMILES string of the molecule is CN(C)c1cccc(CNC(=O)C2(O)CCSC2)c1. The van der Waals surface area contributed by atoms with Gasteiger partial charge in [-0.25, -0.2) is 0 Å². The summed E-state index contributed by atoms with van der Waals surface area (Å²) in [5.41, 5.74) is 0.958. The maximum atomic E-state index is 12.0. The molecule has 1 aliphatic heterocycles. The van der Waals surface area contributed by atoms with Gasteiger partial charge >= 0.3 is 0 Å². The van der Waals surface area contributed by atoms with Gasteiger partial charge in [0.2, 0.25) is 0 Å². The Morgan fingerprint density at radius 2 is 2.32 bits per heavy atom. The molecule has 5 heteroatoms. The Kier molecular flexibility index (Phi) is 4.37. The molecule has 1 amide bonds. The number of nitrogens with zero attached hydrogens (tertiary/aromatic N) is 1. The summed E-state index contributed by atoms with van der Waals surface area (Å²) in [6, 6.07) is 8.00. The first-order valence-corrected chi connectivity index (χ1v) is 7.51. The van der Waals surface area contributed by atoms with Crippen LogP contribution in [0.1, 0.15) is 12.0 Å². The number of hydrogen-bond acceptors (Lipinski definition) is 4. The summed E-state index contributed by atoms with van der Waals surface area (Å²) in [6.45, 7) is 0.452. The number of aliphatic hydroxyl groups is 1. The van der Waals surface area contributed by atoms with Crippen LogP contribution in [0.4, 0.5) is 5.69 Å². The smallest absolute Gasteiger partial charge is 0.253 e. The molecule has 1 fully saturated rings. The minimum absolute atomic E-state index is 0.257. The van der Waals surface area contributed by atoms with Crippen molar-refractivity contribution in [3.05, 3.63) is 29.8 Å². The fourth-order valence-electron chi connectivity index (χ4n) is 2.02. The number of amides is 1. The molecule has 0 radical (unpaired) electrons. The highest BCUT2D eigenvalue weighted by Crippen LogP contribution is 2.27. The summed E-state index contributed by atoms with van der Waals surface area (Å²) in [7, 11) is 3.96. The largest absolute Gasteiger partial charge is 0.379 e. The van der Waals surface area contributed by atoms with E-state index >= 15 is 0 Å². The number of carbonyl (C=O) groups excluding carboxylic acids is 1. The van der Waals surface area contributed by atoms with Crippen LogP contribution in [0, 0.1) is 0 Å². The molecule has 0 bridgehead atoms. The maximum absolute atomic E-state index is 12.0. The second-order valence-corrected chi connectivity index (χ2v) is 6.19. The molecule has 0 aliphatic carbocycles. The lowest BCUT2D eigenvalue weighted by atomic mass is 10.0. The molecule has 2 rings (SSSR count). The Morgan fingerprint density at radius 3 is 2.95 bits per heavy atom. The predicted octanol–water partition coefficient (Wildman–Crippen LogP) is 1.24. The number of benzene rings is 1. The number of hydrogen-bond donors (Lipinski definition) is 2.